The molecule has 0 aliphatic carbocycles. The topological polar surface area (TPSA) is 76.7 Å². The number of hydrogen-bond acceptors (Lipinski definition) is 4. The highest BCUT2D eigenvalue weighted by Crippen LogP contribution is 2.34. The second-order valence-electron chi connectivity index (χ2n) is 5.73. The lowest BCUT2D eigenvalue weighted by atomic mass is 10.1. The van der Waals surface area contributed by atoms with Crippen LogP contribution in [-0.2, 0) is 22.3 Å². The Labute approximate surface area is 159 Å². The molecular formula is C19H19F3N2O4. The zero-order valence-electron chi connectivity index (χ0n) is 15.2. The van der Waals surface area contributed by atoms with Crippen LogP contribution in [0.3, 0.4) is 0 Å². The van der Waals surface area contributed by atoms with Crippen molar-refractivity contribution >= 4 is 17.5 Å². The molecule has 0 aliphatic heterocycles. The number of halogens is 3. The molecular weight excluding hydrogens is 377 g/mol. The molecule has 2 aromatic carbocycles. The lowest BCUT2D eigenvalue weighted by Crippen LogP contribution is -2.28. The molecule has 9 heteroatoms. The quantitative estimate of drug-likeness (QED) is 0.704. The van der Waals surface area contributed by atoms with Crippen molar-refractivity contribution in [3.05, 3.63) is 53.6 Å². The second-order valence-corrected chi connectivity index (χ2v) is 5.73. The summed E-state index contributed by atoms with van der Waals surface area (Å²) in [5, 5.41) is 4.65. The summed E-state index contributed by atoms with van der Waals surface area (Å²) in [6.45, 7) is 0.117. The molecule has 0 heterocycles. The van der Waals surface area contributed by atoms with E-state index in [0.29, 0.717) is 17.1 Å². The number of anilines is 1. The molecule has 2 N–H and O–H groups in total. The SMILES string of the molecule is COc1ccc(CNC(=O)CC(=O)Nc2ccccc2C(F)(F)F)cc1OC. The molecule has 0 fully saturated rings. The lowest BCUT2D eigenvalue weighted by Gasteiger charge is -2.13. The normalized spacial score (nSPS) is 10.9. The van der Waals surface area contributed by atoms with E-state index in [1.54, 1.807) is 18.2 Å². The van der Waals surface area contributed by atoms with E-state index in [9.17, 15) is 22.8 Å². The van der Waals surface area contributed by atoms with Crippen molar-refractivity contribution in [2.45, 2.75) is 19.1 Å². The fourth-order valence-electron chi connectivity index (χ4n) is 2.43. The van der Waals surface area contributed by atoms with E-state index < -0.39 is 35.7 Å². The first kappa shape index (κ1) is 21.1. The third kappa shape index (κ3) is 5.63. The van der Waals surface area contributed by atoms with E-state index in [1.807, 2.05) is 0 Å². The van der Waals surface area contributed by atoms with E-state index in [0.717, 1.165) is 12.1 Å². The zero-order valence-corrected chi connectivity index (χ0v) is 15.2. The molecule has 150 valence electrons. The van der Waals surface area contributed by atoms with Gasteiger partial charge in [-0.05, 0) is 29.8 Å². The third-order valence-corrected chi connectivity index (χ3v) is 3.77. The summed E-state index contributed by atoms with van der Waals surface area (Å²) in [5.74, 6) is -0.464. The van der Waals surface area contributed by atoms with Gasteiger partial charge in [-0.1, -0.05) is 18.2 Å². The van der Waals surface area contributed by atoms with Gasteiger partial charge in [-0.15, -0.1) is 0 Å². The largest absolute Gasteiger partial charge is 0.493 e. The van der Waals surface area contributed by atoms with Gasteiger partial charge >= 0.3 is 6.18 Å². The number of ether oxygens (including phenoxy) is 2. The predicted octanol–water partition coefficient (Wildman–Crippen LogP) is 3.37. The molecule has 6 nitrogen and oxygen atoms in total. The molecule has 2 amide bonds. The molecule has 0 unspecified atom stereocenters. The van der Waals surface area contributed by atoms with Crippen molar-refractivity contribution in [3.63, 3.8) is 0 Å². The molecule has 0 bridgehead atoms. The summed E-state index contributed by atoms with van der Waals surface area (Å²) in [6.07, 6.45) is -5.22. The Bertz CT molecular complexity index is 853. The average Bonchev–Trinajstić information content (AvgIpc) is 2.65. The molecule has 0 spiro atoms. The van der Waals surface area contributed by atoms with Gasteiger partial charge in [0.1, 0.15) is 6.42 Å². The minimum Gasteiger partial charge on any atom is -0.493 e. The van der Waals surface area contributed by atoms with Crippen LogP contribution >= 0.6 is 0 Å². The number of carbonyl (C=O) groups excluding carboxylic acids is 2. The Morgan fingerprint density at radius 1 is 0.964 bits per heavy atom. The summed E-state index contributed by atoms with van der Waals surface area (Å²) in [7, 11) is 2.97. The van der Waals surface area contributed by atoms with Gasteiger partial charge in [-0.2, -0.15) is 13.2 Å². The number of rotatable bonds is 7. The summed E-state index contributed by atoms with van der Waals surface area (Å²) >= 11 is 0. The third-order valence-electron chi connectivity index (χ3n) is 3.77. The highest BCUT2D eigenvalue weighted by Gasteiger charge is 2.33. The molecule has 0 aliphatic rings. The van der Waals surface area contributed by atoms with Crippen molar-refractivity contribution in [3.8, 4) is 11.5 Å². The molecule has 0 saturated heterocycles. The summed E-state index contributed by atoms with van der Waals surface area (Å²) in [5.41, 5.74) is -0.671. The summed E-state index contributed by atoms with van der Waals surface area (Å²) < 4.78 is 49.1. The van der Waals surface area contributed by atoms with Gasteiger partial charge in [0, 0.05) is 6.54 Å². The first-order chi connectivity index (χ1) is 13.2. The Morgan fingerprint density at radius 2 is 1.64 bits per heavy atom. The van der Waals surface area contributed by atoms with Gasteiger partial charge in [0.25, 0.3) is 0 Å². The van der Waals surface area contributed by atoms with Crippen LogP contribution in [0.1, 0.15) is 17.5 Å². The van der Waals surface area contributed by atoms with Crippen molar-refractivity contribution in [1.82, 2.24) is 5.32 Å². The van der Waals surface area contributed by atoms with Crippen LogP contribution in [0.5, 0.6) is 11.5 Å². The average molecular weight is 396 g/mol. The standard InChI is InChI=1S/C19H19F3N2O4/c1-27-15-8-7-12(9-16(15)28-2)11-23-17(25)10-18(26)24-14-6-4-3-5-13(14)19(20,21)22/h3-9H,10-11H2,1-2H3,(H,23,25)(H,24,26). The fraction of sp³-hybridized carbons (Fsp3) is 0.263. The molecule has 0 atom stereocenters. The fourth-order valence-corrected chi connectivity index (χ4v) is 2.43. The smallest absolute Gasteiger partial charge is 0.418 e. The number of methoxy groups -OCH3 is 2. The first-order valence-corrected chi connectivity index (χ1v) is 8.18. The minimum absolute atomic E-state index is 0.117. The lowest BCUT2D eigenvalue weighted by molar-refractivity contribution is -0.137. The van der Waals surface area contributed by atoms with E-state index >= 15 is 0 Å². The summed E-state index contributed by atoms with van der Waals surface area (Å²) in [4.78, 5) is 23.8. The number of carbonyl (C=O) groups is 2. The highest BCUT2D eigenvalue weighted by atomic mass is 19.4. The van der Waals surface area contributed by atoms with Crippen LogP contribution in [0.15, 0.2) is 42.5 Å². The Balaban J connectivity index is 1.93. The Morgan fingerprint density at radius 3 is 2.29 bits per heavy atom. The van der Waals surface area contributed by atoms with Crippen LogP contribution in [0.4, 0.5) is 18.9 Å². The van der Waals surface area contributed by atoms with Gasteiger partial charge in [-0.25, -0.2) is 0 Å². The molecule has 0 aromatic heterocycles. The minimum atomic E-state index is -4.61. The maximum Gasteiger partial charge on any atom is 0.418 e. The van der Waals surface area contributed by atoms with E-state index in [1.165, 1.54) is 26.4 Å². The zero-order chi connectivity index (χ0) is 20.7. The van der Waals surface area contributed by atoms with Gasteiger partial charge in [0.05, 0.1) is 25.5 Å². The molecule has 0 radical (unpaired) electrons. The van der Waals surface area contributed by atoms with Crippen molar-refractivity contribution < 1.29 is 32.2 Å². The first-order valence-electron chi connectivity index (χ1n) is 8.18. The number of hydrogen-bond donors (Lipinski definition) is 2. The predicted molar refractivity (Wildman–Crippen MR) is 96.1 cm³/mol. The summed E-state index contributed by atoms with van der Waals surface area (Å²) in [6, 6.07) is 9.60. The highest BCUT2D eigenvalue weighted by molar-refractivity contribution is 6.03. The van der Waals surface area contributed by atoms with Gasteiger partial charge in [-0.3, -0.25) is 9.59 Å². The van der Waals surface area contributed by atoms with Crippen LogP contribution < -0.4 is 20.1 Å². The molecule has 2 aromatic rings. The van der Waals surface area contributed by atoms with Gasteiger partial charge in [0.2, 0.25) is 11.8 Å². The Kier molecular flexibility index (Phi) is 6.86. The number of amides is 2. The van der Waals surface area contributed by atoms with E-state index in [2.05, 4.69) is 10.6 Å². The van der Waals surface area contributed by atoms with E-state index in [-0.39, 0.29) is 6.54 Å². The monoisotopic (exact) mass is 396 g/mol. The molecule has 28 heavy (non-hydrogen) atoms. The van der Waals surface area contributed by atoms with Gasteiger partial charge < -0.3 is 20.1 Å². The van der Waals surface area contributed by atoms with Crippen LogP contribution in [0.25, 0.3) is 0 Å². The maximum absolute atomic E-state index is 12.9. The van der Waals surface area contributed by atoms with Crippen LogP contribution in [-0.4, -0.2) is 26.0 Å². The number of benzene rings is 2. The van der Waals surface area contributed by atoms with Gasteiger partial charge in [0.15, 0.2) is 11.5 Å². The molecule has 2 rings (SSSR count). The number of para-hydroxylation sites is 1. The van der Waals surface area contributed by atoms with Crippen molar-refractivity contribution in [2.24, 2.45) is 0 Å². The second kappa shape index (κ2) is 9.12. The molecule has 0 saturated carbocycles. The maximum atomic E-state index is 12.9. The van der Waals surface area contributed by atoms with Crippen molar-refractivity contribution in [2.75, 3.05) is 19.5 Å². The van der Waals surface area contributed by atoms with E-state index in [4.69, 9.17) is 9.47 Å². The van der Waals surface area contributed by atoms with Crippen LogP contribution in [0.2, 0.25) is 0 Å². The number of alkyl halides is 3. The number of nitrogens with one attached hydrogen (secondary N) is 2. The Hall–Kier alpha value is -3.23. The van der Waals surface area contributed by atoms with Crippen LogP contribution in [0, 0.1) is 0 Å². The van der Waals surface area contributed by atoms with Crippen molar-refractivity contribution in [1.29, 1.82) is 0 Å².